The maximum atomic E-state index is 13.4. The third kappa shape index (κ3) is 7.87. The molecule has 196 valence electrons. The van der Waals surface area contributed by atoms with Gasteiger partial charge < -0.3 is 19.6 Å². The molecule has 2 N–H and O–H groups in total. The van der Waals surface area contributed by atoms with Gasteiger partial charge in [-0.1, -0.05) is 18.2 Å². The number of anilines is 1. The van der Waals surface area contributed by atoms with Gasteiger partial charge in [0, 0.05) is 31.9 Å². The lowest BCUT2D eigenvalue weighted by atomic mass is 10.0. The van der Waals surface area contributed by atoms with Crippen LogP contribution in [0, 0.1) is 0 Å². The van der Waals surface area contributed by atoms with Gasteiger partial charge in [0.25, 0.3) is 0 Å². The molecule has 1 unspecified atom stereocenters. The Kier molecular flexibility index (Phi) is 8.50. The van der Waals surface area contributed by atoms with E-state index in [1.165, 1.54) is 18.2 Å². The number of aromatic hydroxyl groups is 1. The topological polar surface area (TPSA) is 82.1 Å². The summed E-state index contributed by atoms with van der Waals surface area (Å²) < 4.78 is 44.6. The van der Waals surface area contributed by atoms with Gasteiger partial charge in [0.05, 0.1) is 18.2 Å². The second kappa shape index (κ2) is 11.2. The van der Waals surface area contributed by atoms with Crippen LogP contribution in [0.15, 0.2) is 48.5 Å². The van der Waals surface area contributed by atoms with Crippen molar-refractivity contribution < 1.29 is 32.6 Å². The highest BCUT2D eigenvalue weighted by molar-refractivity contribution is 5.83. The van der Waals surface area contributed by atoms with E-state index in [-0.39, 0.29) is 24.6 Å². The quantitative estimate of drug-likeness (QED) is 0.558. The fourth-order valence-corrected chi connectivity index (χ4v) is 3.98. The third-order valence-corrected chi connectivity index (χ3v) is 5.72. The maximum Gasteiger partial charge on any atom is 0.416 e. The van der Waals surface area contributed by atoms with Crippen molar-refractivity contribution in [3.8, 4) is 5.75 Å². The Balaban J connectivity index is 1.66. The summed E-state index contributed by atoms with van der Waals surface area (Å²) in [6.07, 6.45) is -4.13. The number of amides is 1. The molecule has 0 aliphatic carbocycles. The van der Waals surface area contributed by atoms with Crippen LogP contribution in [0.25, 0.3) is 0 Å². The lowest BCUT2D eigenvalue weighted by Gasteiger charge is -2.38. The number of phenolic OH excluding ortho intramolecular Hbond substituents is 1. The van der Waals surface area contributed by atoms with Crippen LogP contribution in [-0.2, 0) is 26.9 Å². The van der Waals surface area contributed by atoms with Crippen molar-refractivity contribution in [3.05, 3.63) is 59.7 Å². The Bertz CT molecular complexity index is 1040. The standard InChI is InChI=1S/C26H32F3N3O4/c1-25(2,3)36-23(34)17-30-22(15-18-7-9-21(33)10-8-18)24(35)32-13-11-31(12-14-32)20-6-4-5-19(16-20)26(27,28)29/h4-10,16,22,30,33H,11-15,17H2,1-3H3. The number of alkyl halides is 3. The normalized spacial score (nSPS) is 15.5. The minimum Gasteiger partial charge on any atom is -0.508 e. The van der Waals surface area contributed by atoms with Crippen molar-refractivity contribution in [2.45, 2.75) is 45.0 Å². The number of esters is 1. The van der Waals surface area contributed by atoms with Crippen molar-refractivity contribution in [2.75, 3.05) is 37.6 Å². The summed E-state index contributed by atoms with van der Waals surface area (Å²) in [4.78, 5) is 29.1. The van der Waals surface area contributed by atoms with E-state index < -0.39 is 29.4 Å². The summed E-state index contributed by atoms with van der Waals surface area (Å²) in [5.74, 6) is -0.593. The lowest BCUT2D eigenvalue weighted by molar-refractivity contribution is -0.153. The number of halogens is 3. The van der Waals surface area contributed by atoms with E-state index in [9.17, 15) is 27.9 Å². The molecule has 36 heavy (non-hydrogen) atoms. The number of carbonyl (C=O) groups excluding carboxylic acids is 2. The van der Waals surface area contributed by atoms with Crippen LogP contribution in [0.4, 0.5) is 18.9 Å². The van der Waals surface area contributed by atoms with Gasteiger partial charge in [-0.15, -0.1) is 0 Å². The Morgan fingerprint density at radius 3 is 2.25 bits per heavy atom. The van der Waals surface area contributed by atoms with Gasteiger partial charge in [0.1, 0.15) is 11.4 Å². The second-order valence-electron chi connectivity index (χ2n) is 9.75. The number of nitrogens with zero attached hydrogens (tertiary/aromatic N) is 2. The summed E-state index contributed by atoms with van der Waals surface area (Å²) in [5, 5.41) is 12.6. The number of phenols is 1. The van der Waals surface area contributed by atoms with E-state index >= 15 is 0 Å². The zero-order valence-electron chi connectivity index (χ0n) is 20.6. The summed E-state index contributed by atoms with van der Waals surface area (Å²) >= 11 is 0. The van der Waals surface area contributed by atoms with Crippen LogP contribution in [0.5, 0.6) is 5.75 Å². The zero-order chi connectivity index (χ0) is 26.5. The van der Waals surface area contributed by atoms with Gasteiger partial charge in [0.2, 0.25) is 5.91 Å². The average Bonchev–Trinajstić information content (AvgIpc) is 2.81. The van der Waals surface area contributed by atoms with Crippen molar-refractivity contribution in [2.24, 2.45) is 0 Å². The van der Waals surface area contributed by atoms with Gasteiger partial charge in [0.15, 0.2) is 0 Å². The molecule has 2 aromatic carbocycles. The molecule has 1 fully saturated rings. The van der Waals surface area contributed by atoms with Crippen molar-refractivity contribution >= 4 is 17.6 Å². The number of rotatable bonds is 7. The monoisotopic (exact) mass is 507 g/mol. The average molecular weight is 508 g/mol. The predicted octanol–water partition coefficient (Wildman–Crippen LogP) is 3.60. The van der Waals surface area contributed by atoms with E-state index in [1.807, 2.05) is 4.90 Å². The molecule has 1 aliphatic rings. The van der Waals surface area contributed by atoms with Crippen LogP contribution in [0.1, 0.15) is 31.9 Å². The minimum absolute atomic E-state index is 0.106. The number of benzene rings is 2. The number of hydrogen-bond acceptors (Lipinski definition) is 6. The Hall–Kier alpha value is -3.27. The fourth-order valence-electron chi connectivity index (χ4n) is 3.98. The van der Waals surface area contributed by atoms with Crippen LogP contribution in [-0.4, -0.2) is 66.2 Å². The number of ether oxygens (including phenoxy) is 1. The molecule has 10 heteroatoms. The van der Waals surface area contributed by atoms with Gasteiger partial charge in [-0.3, -0.25) is 14.9 Å². The third-order valence-electron chi connectivity index (χ3n) is 5.72. The first-order chi connectivity index (χ1) is 16.8. The smallest absolute Gasteiger partial charge is 0.416 e. The number of piperazine rings is 1. The maximum absolute atomic E-state index is 13.4. The molecule has 1 aliphatic heterocycles. The molecule has 3 rings (SSSR count). The van der Waals surface area contributed by atoms with E-state index in [0.29, 0.717) is 31.9 Å². The largest absolute Gasteiger partial charge is 0.508 e. The summed E-state index contributed by atoms with van der Waals surface area (Å²) in [6, 6.07) is 10.9. The first-order valence-corrected chi connectivity index (χ1v) is 11.8. The van der Waals surface area contributed by atoms with Gasteiger partial charge in [-0.2, -0.15) is 13.2 Å². The molecule has 0 saturated carbocycles. The summed E-state index contributed by atoms with van der Waals surface area (Å²) in [7, 11) is 0. The van der Waals surface area contributed by atoms with Gasteiger partial charge in [-0.25, -0.2) is 0 Å². The van der Waals surface area contributed by atoms with E-state index in [4.69, 9.17) is 4.74 Å². The highest BCUT2D eigenvalue weighted by Gasteiger charge is 2.32. The van der Waals surface area contributed by atoms with Gasteiger partial charge >= 0.3 is 12.1 Å². The Morgan fingerprint density at radius 1 is 1.03 bits per heavy atom. The first kappa shape index (κ1) is 27.3. The van der Waals surface area contributed by atoms with Crippen molar-refractivity contribution in [1.29, 1.82) is 0 Å². The molecule has 0 aromatic heterocycles. The molecular weight excluding hydrogens is 475 g/mol. The zero-order valence-corrected chi connectivity index (χ0v) is 20.6. The van der Waals surface area contributed by atoms with E-state index in [0.717, 1.165) is 17.7 Å². The summed E-state index contributed by atoms with van der Waals surface area (Å²) in [6.45, 7) is 6.53. The first-order valence-electron chi connectivity index (χ1n) is 11.8. The van der Waals surface area contributed by atoms with Crippen molar-refractivity contribution in [1.82, 2.24) is 10.2 Å². The molecule has 1 heterocycles. The molecule has 0 radical (unpaired) electrons. The van der Waals surface area contributed by atoms with E-state index in [1.54, 1.807) is 43.9 Å². The molecule has 1 amide bonds. The molecule has 0 bridgehead atoms. The van der Waals surface area contributed by atoms with Crippen molar-refractivity contribution in [3.63, 3.8) is 0 Å². The number of carbonyl (C=O) groups is 2. The van der Waals surface area contributed by atoms with E-state index in [2.05, 4.69) is 5.32 Å². The number of nitrogens with one attached hydrogen (secondary N) is 1. The Morgan fingerprint density at radius 2 is 1.67 bits per heavy atom. The Labute approximate surface area is 208 Å². The van der Waals surface area contributed by atoms with Gasteiger partial charge in [-0.05, 0) is 63.1 Å². The molecular formula is C26H32F3N3O4. The molecule has 7 nitrogen and oxygen atoms in total. The molecule has 1 saturated heterocycles. The second-order valence-corrected chi connectivity index (χ2v) is 9.75. The fraction of sp³-hybridized carbons (Fsp3) is 0.462. The predicted molar refractivity (Wildman–Crippen MR) is 130 cm³/mol. The lowest BCUT2D eigenvalue weighted by Crippen LogP contribution is -2.55. The van der Waals surface area contributed by atoms with Crippen LogP contribution < -0.4 is 10.2 Å². The van der Waals surface area contributed by atoms with Crippen LogP contribution >= 0.6 is 0 Å². The number of hydrogen-bond donors (Lipinski definition) is 2. The van der Waals surface area contributed by atoms with Crippen LogP contribution in [0.3, 0.4) is 0 Å². The molecule has 2 aromatic rings. The molecule has 1 atom stereocenters. The highest BCUT2D eigenvalue weighted by atomic mass is 19.4. The minimum atomic E-state index is -4.42. The summed E-state index contributed by atoms with van der Waals surface area (Å²) in [5.41, 5.74) is -0.112. The highest BCUT2D eigenvalue weighted by Crippen LogP contribution is 2.32. The van der Waals surface area contributed by atoms with Crippen LogP contribution in [0.2, 0.25) is 0 Å². The molecule has 0 spiro atoms. The SMILES string of the molecule is CC(C)(C)OC(=O)CNC(Cc1ccc(O)cc1)C(=O)N1CCN(c2cccc(C(F)(F)F)c2)CC1.